The van der Waals surface area contributed by atoms with Gasteiger partial charge in [0.15, 0.2) is 0 Å². The van der Waals surface area contributed by atoms with Crippen molar-refractivity contribution in [3.63, 3.8) is 0 Å². The Bertz CT molecular complexity index is 650. The van der Waals surface area contributed by atoms with Crippen molar-refractivity contribution in [3.05, 3.63) is 23.8 Å². The number of rotatable bonds is 2. The molecule has 1 N–H and O–H groups in total. The van der Waals surface area contributed by atoms with E-state index < -0.39 is 29.7 Å². The first-order valence-corrected chi connectivity index (χ1v) is 9.08. The van der Waals surface area contributed by atoms with Crippen LogP contribution in [0.3, 0.4) is 0 Å². The first-order valence-electron chi connectivity index (χ1n) is 9.08. The lowest BCUT2D eigenvalue weighted by molar-refractivity contribution is -0.170. The number of ether oxygens (including phenoxy) is 2. The molecular formula is C20H28O5. The van der Waals surface area contributed by atoms with Crippen molar-refractivity contribution in [2.45, 2.75) is 71.2 Å². The molecule has 2 aliphatic carbocycles. The molecule has 1 saturated heterocycles. The highest BCUT2D eigenvalue weighted by atomic mass is 16.6. The molecule has 0 radical (unpaired) electrons. The molecule has 0 aromatic carbocycles. The first-order chi connectivity index (χ1) is 11.6. The van der Waals surface area contributed by atoms with Crippen molar-refractivity contribution in [2.24, 2.45) is 17.3 Å². The van der Waals surface area contributed by atoms with E-state index in [9.17, 15) is 14.7 Å². The molecule has 0 aromatic rings. The molecular weight excluding hydrogens is 320 g/mol. The van der Waals surface area contributed by atoms with Gasteiger partial charge in [0.2, 0.25) is 5.60 Å². The van der Waals surface area contributed by atoms with Crippen LogP contribution >= 0.6 is 0 Å². The Hall–Kier alpha value is -1.62. The number of hydrogen-bond acceptors (Lipinski definition) is 5. The maximum atomic E-state index is 12.7. The highest BCUT2D eigenvalue weighted by Crippen LogP contribution is 2.58. The molecule has 5 heteroatoms. The standard InChI is InChI=1S/C20H28O5/c1-6-11(2)17(22)25-20(5)13-9-10-19(4)14(21)8-7-12(3)15(19)16(13)24-18(20)23/h6,13-16,21H,3,7-10H2,1-2,4-5H3/t13-,14-,15-,16-,19-,20-/m1/s1. The van der Waals surface area contributed by atoms with Crippen LogP contribution in [0.15, 0.2) is 23.8 Å². The van der Waals surface area contributed by atoms with Gasteiger partial charge in [0, 0.05) is 22.8 Å². The normalized spacial score (nSPS) is 44.0. The van der Waals surface area contributed by atoms with Crippen molar-refractivity contribution in [3.8, 4) is 0 Å². The van der Waals surface area contributed by atoms with Gasteiger partial charge in [-0.15, -0.1) is 0 Å². The van der Waals surface area contributed by atoms with E-state index >= 15 is 0 Å². The van der Waals surface area contributed by atoms with Gasteiger partial charge in [-0.1, -0.05) is 25.2 Å². The van der Waals surface area contributed by atoms with Gasteiger partial charge >= 0.3 is 11.9 Å². The molecule has 0 aromatic heterocycles. The van der Waals surface area contributed by atoms with Crippen LogP contribution in [0, 0.1) is 17.3 Å². The second kappa shape index (κ2) is 5.97. The number of allylic oxidation sites excluding steroid dienone is 1. The minimum Gasteiger partial charge on any atom is -0.458 e. The third-order valence-corrected chi connectivity index (χ3v) is 6.79. The third-order valence-electron chi connectivity index (χ3n) is 6.79. The fourth-order valence-electron chi connectivity index (χ4n) is 4.91. The van der Waals surface area contributed by atoms with E-state index in [-0.39, 0.29) is 17.3 Å². The zero-order valence-corrected chi connectivity index (χ0v) is 15.5. The molecule has 5 nitrogen and oxygen atoms in total. The Morgan fingerprint density at radius 1 is 1.40 bits per heavy atom. The summed E-state index contributed by atoms with van der Waals surface area (Å²) in [5.74, 6) is -1.29. The Balaban J connectivity index is 1.92. The van der Waals surface area contributed by atoms with Crippen molar-refractivity contribution < 1.29 is 24.2 Å². The van der Waals surface area contributed by atoms with E-state index in [0.717, 1.165) is 18.4 Å². The maximum Gasteiger partial charge on any atom is 0.351 e. The zero-order valence-electron chi connectivity index (χ0n) is 15.5. The molecule has 1 aliphatic heterocycles. The van der Waals surface area contributed by atoms with E-state index in [2.05, 4.69) is 13.5 Å². The van der Waals surface area contributed by atoms with Gasteiger partial charge in [0.1, 0.15) is 6.10 Å². The van der Waals surface area contributed by atoms with Crippen LogP contribution in [-0.4, -0.2) is 34.9 Å². The molecule has 1 heterocycles. The van der Waals surface area contributed by atoms with Crippen LogP contribution in [0.4, 0.5) is 0 Å². The molecule has 0 unspecified atom stereocenters. The molecule has 2 saturated carbocycles. The Labute approximate surface area is 149 Å². The molecule has 3 fully saturated rings. The fourth-order valence-corrected chi connectivity index (χ4v) is 4.91. The SMILES string of the molecule is C=C1CC[C@@H](O)[C@@]2(C)CC[C@@H]3[C@@H](OC(=O)[C@]3(C)OC(=O)C(C)=CC)[C@@H]12. The van der Waals surface area contributed by atoms with Gasteiger partial charge in [-0.25, -0.2) is 9.59 Å². The summed E-state index contributed by atoms with van der Waals surface area (Å²) < 4.78 is 11.4. The Morgan fingerprint density at radius 2 is 2.08 bits per heavy atom. The van der Waals surface area contributed by atoms with Gasteiger partial charge in [-0.05, 0) is 46.5 Å². The topological polar surface area (TPSA) is 72.8 Å². The highest BCUT2D eigenvalue weighted by Gasteiger charge is 2.65. The Kier molecular flexibility index (Phi) is 4.34. The zero-order chi connectivity index (χ0) is 18.6. The number of carbonyl (C=O) groups excluding carboxylic acids is 2. The third kappa shape index (κ3) is 2.55. The predicted molar refractivity (Wildman–Crippen MR) is 92.5 cm³/mol. The van der Waals surface area contributed by atoms with Gasteiger partial charge in [-0.2, -0.15) is 0 Å². The number of esters is 2. The average Bonchev–Trinajstić information content (AvgIpc) is 2.80. The number of fused-ring (bicyclic) bond motifs is 3. The van der Waals surface area contributed by atoms with Crippen molar-refractivity contribution in [2.75, 3.05) is 0 Å². The minimum atomic E-state index is -1.28. The molecule has 3 rings (SSSR count). The molecule has 25 heavy (non-hydrogen) atoms. The largest absolute Gasteiger partial charge is 0.458 e. The second-order valence-corrected chi connectivity index (χ2v) is 8.18. The van der Waals surface area contributed by atoms with Crippen LogP contribution in [0.2, 0.25) is 0 Å². The molecule has 3 aliphatic rings. The number of hydrogen-bond donors (Lipinski definition) is 1. The lowest BCUT2D eigenvalue weighted by atomic mass is 9.53. The van der Waals surface area contributed by atoms with E-state index in [0.29, 0.717) is 18.4 Å². The Morgan fingerprint density at radius 3 is 2.72 bits per heavy atom. The summed E-state index contributed by atoms with van der Waals surface area (Å²) in [5, 5.41) is 10.6. The van der Waals surface area contributed by atoms with E-state index in [4.69, 9.17) is 9.47 Å². The lowest BCUT2D eigenvalue weighted by Gasteiger charge is -2.53. The fraction of sp³-hybridized carbons (Fsp3) is 0.700. The average molecular weight is 348 g/mol. The summed E-state index contributed by atoms with van der Waals surface area (Å²) >= 11 is 0. The van der Waals surface area contributed by atoms with E-state index in [1.165, 1.54) is 0 Å². The molecule has 138 valence electrons. The van der Waals surface area contributed by atoms with Gasteiger partial charge < -0.3 is 14.6 Å². The summed E-state index contributed by atoms with van der Waals surface area (Å²) in [7, 11) is 0. The number of aliphatic hydroxyl groups excluding tert-OH is 1. The minimum absolute atomic E-state index is 0.0951. The molecule has 6 atom stereocenters. The smallest absolute Gasteiger partial charge is 0.351 e. The predicted octanol–water partition coefficient (Wildman–Crippen LogP) is 2.92. The van der Waals surface area contributed by atoms with E-state index in [1.807, 2.05) is 0 Å². The van der Waals surface area contributed by atoms with Gasteiger partial charge in [-0.3, -0.25) is 0 Å². The molecule has 0 amide bonds. The van der Waals surface area contributed by atoms with Crippen LogP contribution in [-0.2, 0) is 19.1 Å². The van der Waals surface area contributed by atoms with Crippen LogP contribution < -0.4 is 0 Å². The maximum absolute atomic E-state index is 12.7. The molecule has 0 bridgehead atoms. The summed E-state index contributed by atoms with van der Waals surface area (Å²) in [5.41, 5.74) is -0.132. The number of carbonyl (C=O) groups is 2. The first kappa shape index (κ1) is 18.2. The van der Waals surface area contributed by atoms with E-state index in [1.54, 1.807) is 26.8 Å². The summed E-state index contributed by atoms with van der Waals surface area (Å²) in [6.07, 6.45) is 3.71. The monoisotopic (exact) mass is 348 g/mol. The van der Waals surface area contributed by atoms with Crippen LogP contribution in [0.1, 0.15) is 53.4 Å². The van der Waals surface area contributed by atoms with Crippen molar-refractivity contribution in [1.82, 2.24) is 0 Å². The van der Waals surface area contributed by atoms with Gasteiger partial charge in [0.05, 0.1) is 6.10 Å². The second-order valence-electron chi connectivity index (χ2n) is 8.18. The summed E-state index contributed by atoms with van der Waals surface area (Å²) in [4.78, 5) is 24.9. The highest BCUT2D eigenvalue weighted by molar-refractivity contribution is 5.92. The van der Waals surface area contributed by atoms with Gasteiger partial charge in [0.25, 0.3) is 0 Å². The van der Waals surface area contributed by atoms with Crippen molar-refractivity contribution in [1.29, 1.82) is 0 Å². The lowest BCUT2D eigenvalue weighted by Crippen LogP contribution is -2.55. The summed E-state index contributed by atoms with van der Waals surface area (Å²) in [6, 6.07) is 0. The number of aliphatic hydroxyl groups is 1. The van der Waals surface area contributed by atoms with Crippen LogP contribution in [0.25, 0.3) is 0 Å². The quantitative estimate of drug-likeness (QED) is 0.472. The summed E-state index contributed by atoms with van der Waals surface area (Å²) in [6.45, 7) is 11.3. The van der Waals surface area contributed by atoms with Crippen LogP contribution in [0.5, 0.6) is 0 Å². The molecule has 0 spiro atoms. The van der Waals surface area contributed by atoms with Crippen molar-refractivity contribution >= 4 is 11.9 Å².